The van der Waals surface area contributed by atoms with Crippen LogP contribution in [0.4, 0.5) is 0 Å². The Morgan fingerprint density at radius 3 is 2.55 bits per heavy atom. The summed E-state index contributed by atoms with van der Waals surface area (Å²) in [6.45, 7) is 4.83. The van der Waals surface area contributed by atoms with Crippen molar-refractivity contribution in [3.8, 4) is 0 Å². The van der Waals surface area contributed by atoms with Crippen molar-refractivity contribution in [1.82, 2.24) is 24.2 Å². The van der Waals surface area contributed by atoms with E-state index in [0.29, 0.717) is 43.4 Å². The highest BCUT2D eigenvalue weighted by atomic mass is 16.3. The van der Waals surface area contributed by atoms with Crippen LogP contribution in [-0.4, -0.2) is 53.9 Å². The third-order valence-corrected chi connectivity index (χ3v) is 6.70. The van der Waals surface area contributed by atoms with Crippen molar-refractivity contribution in [2.45, 2.75) is 50.7 Å². The molecular weight excluding hydrogens is 394 g/mol. The highest BCUT2D eigenvalue weighted by Crippen LogP contribution is 2.33. The molecule has 8 heteroatoms. The van der Waals surface area contributed by atoms with E-state index >= 15 is 0 Å². The molecule has 0 bridgehead atoms. The maximum Gasteiger partial charge on any atom is 0.264 e. The van der Waals surface area contributed by atoms with Crippen molar-refractivity contribution in [2.75, 3.05) is 13.1 Å². The topological polar surface area (TPSA) is 93.2 Å². The number of hydrogen-bond acceptors (Lipinski definition) is 5. The summed E-state index contributed by atoms with van der Waals surface area (Å²) in [5.74, 6) is 0.242. The lowest BCUT2D eigenvalue weighted by atomic mass is 9.84. The zero-order chi connectivity index (χ0) is 22.2. The van der Waals surface area contributed by atoms with Crippen LogP contribution in [0.25, 0.3) is 11.0 Å². The van der Waals surface area contributed by atoms with E-state index in [9.17, 15) is 14.7 Å². The number of likely N-dealkylation sites (tertiary alicyclic amines) is 1. The van der Waals surface area contributed by atoms with Gasteiger partial charge in [-0.3, -0.25) is 18.8 Å². The molecule has 0 radical (unpaired) electrons. The first-order chi connectivity index (χ1) is 14.8. The van der Waals surface area contributed by atoms with E-state index in [-0.39, 0.29) is 17.4 Å². The fourth-order valence-corrected chi connectivity index (χ4v) is 4.43. The van der Waals surface area contributed by atoms with E-state index in [1.807, 2.05) is 42.2 Å². The molecule has 3 aromatic rings. The van der Waals surface area contributed by atoms with Crippen molar-refractivity contribution in [3.63, 3.8) is 0 Å². The lowest BCUT2D eigenvalue weighted by Gasteiger charge is -2.42. The Kier molecular flexibility index (Phi) is 5.66. The largest absolute Gasteiger partial charge is 0.388 e. The van der Waals surface area contributed by atoms with Crippen LogP contribution in [0.3, 0.4) is 0 Å². The molecule has 8 nitrogen and oxygen atoms in total. The van der Waals surface area contributed by atoms with Gasteiger partial charge in [-0.15, -0.1) is 0 Å². The van der Waals surface area contributed by atoms with Crippen LogP contribution in [0.1, 0.15) is 50.6 Å². The SMILES string of the molecule is CC(CC(=O)N1CCC(O)(C(C)n2cnc3c(cnn3C)c2=O)CC1)c1ccccc1. The predicted molar refractivity (Wildman–Crippen MR) is 118 cm³/mol. The number of carbonyl (C=O) groups is 1. The first-order valence-electron chi connectivity index (χ1n) is 10.7. The standard InChI is InChI=1S/C23H29N5O3/c1-16(18-7-5-4-6-8-18)13-20(29)27-11-9-23(31,10-12-27)17(2)28-15-24-21-19(22(28)30)14-25-26(21)3/h4-8,14-17,31H,9-13H2,1-3H3. The van der Waals surface area contributed by atoms with Crippen LogP contribution in [0, 0.1) is 0 Å². The molecule has 1 saturated heterocycles. The number of hydrogen-bond donors (Lipinski definition) is 1. The highest BCUT2D eigenvalue weighted by Gasteiger charge is 2.40. The minimum absolute atomic E-state index is 0.0988. The van der Waals surface area contributed by atoms with Gasteiger partial charge in [-0.25, -0.2) is 4.98 Å². The number of amides is 1. The van der Waals surface area contributed by atoms with E-state index in [0.717, 1.165) is 5.56 Å². The van der Waals surface area contributed by atoms with Gasteiger partial charge in [0, 0.05) is 26.6 Å². The molecule has 3 heterocycles. The average Bonchev–Trinajstić information content (AvgIpc) is 3.16. The maximum absolute atomic E-state index is 12.9. The van der Waals surface area contributed by atoms with Gasteiger partial charge in [0.1, 0.15) is 11.7 Å². The summed E-state index contributed by atoms with van der Waals surface area (Å²) < 4.78 is 3.04. The molecule has 0 spiro atoms. The molecule has 1 N–H and O–H groups in total. The van der Waals surface area contributed by atoms with Gasteiger partial charge in [0.2, 0.25) is 5.91 Å². The molecule has 2 aromatic heterocycles. The molecule has 1 fully saturated rings. The summed E-state index contributed by atoms with van der Waals surface area (Å²) in [5, 5.41) is 15.8. The zero-order valence-electron chi connectivity index (χ0n) is 18.2. The predicted octanol–water partition coefficient (Wildman–Crippen LogP) is 2.24. The second-order valence-corrected chi connectivity index (χ2v) is 8.64. The Bertz CT molecular complexity index is 1130. The smallest absolute Gasteiger partial charge is 0.264 e. The van der Waals surface area contributed by atoms with Crippen LogP contribution < -0.4 is 5.56 Å². The third kappa shape index (κ3) is 3.99. The Hall–Kier alpha value is -3.00. The highest BCUT2D eigenvalue weighted by molar-refractivity contribution is 5.77. The Morgan fingerprint density at radius 2 is 1.87 bits per heavy atom. The molecule has 1 aliphatic rings. The first-order valence-corrected chi connectivity index (χ1v) is 10.7. The van der Waals surface area contributed by atoms with Crippen molar-refractivity contribution >= 4 is 16.9 Å². The third-order valence-electron chi connectivity index (χ3n) is 6.70. The minimum Gasteiger partial charge on any atom is -0.388 e. The number of aryl methyl sites for hydroxylation is 1. The van der Waals surface area contributed by atoms with Gasteiger partial charge in [0.25, 0.3) is 5.56 Å². The van der Waals surface area contributed by atoms with E-state index in [2.05, 4.69) is 17.0 Å². The molecular formula is C23H29N5O3. The van der Waals surface area contributed by atoms with Crippen LogP contribution in [0.2, 0.25) is 0 Å². The van der Waals surface area contributed by atoms with E-state index in [4.69, 9.17) is 0 Å². The van der Waals surface area contributed by atoms with Crippen molar-refractivity contribution in [1.29, 1.82) is 0 Å². The molecule has 31 heavy (non-hydrogen) atoms. The fraction of sp³-hybridized carbons (Fsp3) is 0.478. The van der Waals surface area contributed by atoms with Crippen molar-refractivity contribution in [2.24, 2.45) is 7.05 Å². The molecule has 0 aliphatic carbocycles. The second kappa shape index (κ2) is 8.26. The summed E-state index contributed by atoms with van der Waals surface area (Å²) in [5.41, 5.74) is 0.377. The number of rotatable bonds is 5. The normalized spacial score (nSPS) is 18.1. The average molecular weight is 424 g/mol. The fourth-order valence-electron chi connectivity index (χ4n) is 4.43. The summed E-state index contributed by atoms with van der Waals surface area (Å²) >= 11 is 0. The van der Waals surface area contributed by atoms with Crippen LogP contribution >= 0.6 is 0 Å². The number of aliphatic hydroxyl groups is 1. The van der Waals surface area contributed by atoms with Gasteiger partial charge in [-0.05, 0) is 31.2 Å². The van der Waals surface area contributed by atoms with Crippen LogP contribution in [-0.2, 0) is 11.8 Å². The molecule has 2 unspecified atom stereocenters. The number of nitrogens with zero attached hydrogens (tertiary/aromatic N) is 5. The Labute approximate surface area is 181 Å². The molecule has 0 saturated carbocycles. The number of benzene rings is 1. The molecule has 1 aliphatic heterocycles. The molecule has 2 atom stereocenters. The van der Waals surface area contributed by atoms with E-state index in [1.54, 1.807) is 11.7 Å². The number of piperidine rings is 1. The van der Waals surface area contributed by atoms with Gasteiger partial charge in [-0.1, -0.05) is 37.3 Å². The van der Waals surface area contributed by atoms with Crippen LogP contribution in [0.5, 0.6) is 0 Å². The van der Waals surface area contributed by atoms with E-state index < -0.39 is 11.6 Å². The van der Waals surface area contributed by atoms with Crippen molar-refractivity contribution < 1.29 is 9.90 Å². The maximum atomic E-state index is 12.9. The summed E-state index contributed by atoms with van der Waals surface area (Å²) in [6.07, 6.45) is 4.26. The minimum atomic E-state index is -1.08. The molecule has 4 rings (SSSR count). The molecule has 1 aromatic carbocycles. The molecule has 164 valence electrons. The van der Waals surface area contributed by atoms with Crippen LogP contribution in [0.15, 0.2) is 47.7 Å². The first kappa shape index (κ1) is 21.2. The molecule has 1 amide bonds. The second-order valence-electron chi connectivity index (χ2n) is 8.64. The number of carbonyl (C=O) groups excluding carboxylic acids is 1. The Morgan fingerprint density at radius 1 is 1.19 bits per heavy atom. The summed E-state index contributed by atoms with van der Waals surface area (Å²) in [7, 11) is 1.74. The lowest BCUT2D eigenvalue weighted by Crippen LogP contribution is -2.51. The van der Waals surface area contributed by atoms with Gasteiger partial charge in [0.15, 0.2) is 5.65 Å². The zero-order valence-corrected chi connectivity index (χ0v) is 18.2. The van der Waals surface area contributed by atoms with Gasteiger partial charge in [-0.2, -0.15) is 5.10 Å². The summed E-state index contributed by atoms with van der Waals surface area (Å²) in [6, 6.07) is 9.56. The number of aromatic nitrogens is 4. The monoisotopic (exact) mass is 423 g/mol. The quantitative estimate of drug-likeness (QED) is 0.679. The van der Waals surface area contributed by atoms with Crippen molar-refractivity contribution in [3.05, 3.63) is 58.8 Å². The number of fused-ring (bicyclic) bond motifs is 1. The lowest BCUT2D eigenvalue weighted by molar-refractivity contribution is -0.137. The van der Waals surface area contributed by atoms with Gasteiger partial charge in [0.05, 0.1) is 17.8 Å². The van der Waals surface area contributed by atoms with Gasteiger partial charge >= 0.3 is 0 Å². The van der Waals surface area contributed by atoms with Gasteiger partial charge < -0.3 is 10.0 Å². The Balaban J connectivity index is 1.43. The summed E-state index contributed by atoms with van der Waals surface area (Å²) in [4.78, 5) is 31.9. The van der Waals surface area contributed by atoms with E-state index in [1.165, 1.54) is 17.1 Å².